The molecule has 0 unspecified atom stereocenters. The van der Waals surface area contributed by atoms with E-state index in [0.717, 1.165) is 18.5 Å². The van der Waals surface area contributed by atoms with E-state index < -0.39 is 0 Å². The molecule has 2 aromatic rings. The van der Waals surface area contributed by atoms with Gasteiger partial charge in [0.2, 0.25) is 11.8 Å². The molecule has 2 amide bonds. The molecule has 0 spiro atoms. The minimum atomic E-state index is -0.355. The van der Waals surface area contributed by atoms with E-state index in [2.05, 4.69) is 55.8 Å². The Labute approximate surface area is 173 Å². The van der Waals surface area contributed by atoms with Gasteiger partial charge in [-0.15, -0.1) is 0 Å². The highest BCUT2D eigenvalue weighted by atomic mass is 127. The molecule has 5 rings (SSSR count). The van der Waals surface area contributed by atoms with Crippen molar-refractivity contribution in [2.45, 2.75) is 19.3 Å². The van der Waals surface area contributed by atoms with Gasteiger partial charge < -0.3 is 10.6 Å². The highest BCUT2D eigenvalue weighted by Gasteiger charge is 2.74. The average Bonchev–Trinajstić information content (AvgIpc) is 2.49. The molecule has 0 aliphatic heterocycles. The zero-order valence-corrected chi connectivity index (χ0v) is 17.6. The van der Waals surface area contributed by atoms with Crippen molar-refractivity contribution in [2.75, 3.05) is 10.6 Å². The third kappa shape index (κ3) is 3.07. The Morgan fingerprint density at radius 1 is 0.680 bits per heavy atom. The Morgan fingerprint density at radius 3 is 1.32 bits per heavy atom. The molecule has 0 aromatic heterocycles. The molecule has 2 bridgehead atoms. The summed E-state index contributed by atoms with van der Waals surface area (Å²) in [5.41, 5.74) is 0.916. The summed E-state index contributed by atoms with van der Waals surface area (Å²) in [6.45, 7) is 0. The fourth-order valence-electron chi connectivity index (χ4n) is 3.86. The SMILES string of the molecule is O=C(Nc1ccc(I)cc1)C12CC(C(=O)Nc3ccc(I)cc3)(C1)C2. The van der Waals surface area contributed by atoms with Gasteiger partial charge in [0.15, 0.2) is 0 Å². The summed E-state index contributed by atoms with van der Waals surface area (Å²) >= 11 is 4.47. The maximum Gasteiger partial charge on any atom is 0.230 e. The largest absolute Gasteiger partial charge is 0.326 e. The quantitative estimate of drug-likeness (QED) is 0.538. The maximum atomic E-state index is 12.6. The normalized spacial score (nSPS) is 26.2. The Morgan fingerprint density at radius 2 is 1.00 bits per heavy atom. The van der Waals surface area contributed by atoms with Crippen molar-refractivity contribution >= 4 is 68.4 Å². The van der Waals surface area contributed by atoms with E-state index in [9.17, 15) is 9.59 Å². The van der Waals surface area contributed by atoms with Crippen LogP contribution in [-0.2, 0) is 9.59 Å². The monoisotopic (exact) mass is 558 g/mol. The molecule has 2 aromatic carbocycles. The van der Waals surface area contributed by atoms with Gasteiger partial charge in [0.1, 0.15) is 0 Å². The molecule has 6 heteroatoms. The number of rotatable bonds is 4. The van der Waals surface area contributed by atoms with Crippen LogP contribution in [0.1, 0.15) is 19.3 Å². The summed E-state index contributed by atoms with van der Waals surface area (Å²) < 4.78 is 2.26. The van der Waals surface area contributed by atoms with Crippen molar-refractivity contribution in [3.8, 4) is 0 Å². The van der Waals surface area contributed by atoms with Crippen molar-refractivity contribution in [2.24, 2.45) is 10.8 Å². The lowest BCUT2D eigenvalue weighted by Crippen LogP contribution is -2.70. The van der Waals surface area contributed by atoms with Crippen LogP contribution >= 0.6 is 45.2 Å². The Bertz CT molecular complexity index is 757. The first-order valence-corrected chi connectivity index (χ1v) is 10.2. The summed E-state index contributed by atoms with van der Waals surface area (Å²) in [6, 6.07) is 15.5. The predicted octanol–water partition coefficient (Wildman–Crippen LogP) is 4.64. The standard InChI is InChI=1S/C19H16I2N2O2/c20-12-1-5-14(6-2-12)22-16(24)18-9-19(10-18,11-18)17(25)23-15-7-3-13(21)4-8-15/h1-8H,9-11H2,(H,22,24)(H,23,25). The Kier molecular flexibility index (Phi) is 4.30. The van der Waals surface area contributed by atoms with Crippen LogP contribution in [0.5, 0.6) is 0 Å². The minimum absolute atomic E-state index is 0.0395. The molecule has 25 heavy (non-hydrogen) atoms. The van der Waals surface area contributed by atoms with Crippen LogP contribution < -0.4 is 10.6 Å². The smallest absolute Gasteiger partial charge is 0.230 e. The Balaban J connectivity index is 1.35. The first-order valence-electron chi connectivity index (χ1n) is 8.05. The van der Waals surface area contributed by atoms with E-state index in [1.165, 1.54) is 0 Å². The van der Waals surface area contributed by atoms with E-state index in [4.69, 9.17) is 0 Å². The fourth-order valence-corrected chi connectivity index (χ4v) is 4.58. The highest BCUT2D eigenvalue weighted by Crippen LogP contribution is 2.73. The van der Waals surface area contributed by atoms with Crippen molar-refractivity contribution < 1.29 is 9.59 Å². The van der Waals surface area contributed by atoms with E-state index in [0.29, 0.717) is 19.3 Å². The first-order chi connectivity index (χ1) is 11.9. The number of anilines is 2. The molecule has 0 saturated heterocycles. The minimum Gasteiger partial charge on any atom is -0.326 e. The number of nitrogens with one attached hydrogen (secondary N) is 2. The van der Waals surface area contributed by atoms with Gasteiger partial charge in [0.25, 0.3) is 0 Å². The van der Waals surface area contributed by atoms with Crippen LogP contribution in [0.4, 0.5) is 11.4 Å². The van der Waals surface area contributed by atoms with Gasteiger partial charge in [-0.25, -0.2) is 0 Å². The summed E-state index contributed by atoms with van der Waals surface area (Å²) in [5.74, 6) is 0.0790. The van der Waals surface area contributed by atoms with Gasteiger partial charge in [0.05, 0.1) is 10.8 Å². The van der Waals surface area contributed by atoms with E-state index >= 15 is 0 Å². The van der Waals surface area contributed by atoms with Crippen molar-refractivity contribution in [1.29, 1.82) is 0 Å². The van der Waals surface area contributed by atoms with Crippen LogP contribution in [0.3, 0.4) is 0 Å². The second-order valence-corrected chi connectivity index (χ2v) is 9.50. The van der Waals surface area contributed by atoms with Crippen molar-refractivity contribution in [1.82, 2.24) is 0 Å². The van der Waals surface area contributed by atoms with Gasteiger partial charge in [-0.1, -0.05) is 0 Å². The molecule has 0 heterocycles. The lowest BCUT2D eigenvalue weighted by molar-refractivity contribution is -0.201. The maximum absolute atomic E-state index is 12.6. The second-order valence-electron chi connectivity index (χ2n) is 7.01. The molecule has 4 nitrogen and oxygen atoms in total. The summed E-state index contributed by atoms with van der Waals surface area (Å²) in [6.07, 6.45) is 1.94. The van der Waals surface area contributed by atoms with E-state index in [1.807, 2.05) is 48.5 Å². The van der Waals surface area contributed by atoms with Crippen LogP contribution in [0.15, 0.2) is 48.5 Å². The second kappa shape index (κ2) is 6.22. The molecule has 0 radical (unpaired) electrons. The van der Waals surface area contributed by atoms with Crippen LogP contribution in [0, 0.1) is 18.0 Å². The third-order valence-corrected chi connectivity index (χ3v) is 6.64. The number of halogens is 2. The molecule has 3 aliphatic rings. The van der Waals surface area contributed by atoms with Crippen LogP contribution in [-0.4, -0.2) is 11.8 Å². The van der Waals surface area contributed by atoms with Gasteiger partial charge in [-0.2, -0.15) is 0 Å². The zero-order chi connectivity index (χ0) is 17.7. The van der Waals surface area contributed by atoms with Gasteiger partial charge in [-0.3, -0.25) is 9.59 Å². The average molecular weight is 558 g/mol. The number of hydrogen-bond acceptors (Lipinski definition) is 2. The number of benzene rings is 2. The number of hydrogen-bond donors (Lipinski definition) is 2. The van der Waals surface area contributed by atoms with Crippen LogP contribution in [0.25, 0.3) is 0 Å². The molecule has 2 N–H and O–H groups in total. The molecule has 128 valence electrons. The zero-order valence-electron chi connectivity index (χ0n) is 13.3. The summed E-state index contributed by atoms with van der Waals surface area (Å²) in [4.78, 5) is 25.1. The number of amides is 2. The highest BCUT2D eigenvalue weighted by molar-refractivity contribution is 14.1. The molecule has 0 atom stereocenters. The molecular formula is C19H16I2N2O2. The van der Waals surface area contributed by atoms with E-state index in [-0.39, 0.29) is 22.6 Å². The third-order valence-electron chi connectivity index (χ3n) is 5.20. The van der Waals surface area contributed by atoms with Crippen molar-refractivity contribution in [3.63, 3.8) is 0 Å². The topological polar surface area (TPSA) is 58.2 Å². The summed E-state index contributed by atoms with van der Waals surface area (Å²) in [5, 5.41) is 5.97. The summed E-state index contributed by atoms with van der Waals surface area (Å²) in [7, 11) is 0. The van der Waals surface area contributed by atoms with Gasteiger partial charge >= 0.3 is 0 Å². The Hall–Kier alpha value is -1.16. The molecular weight excluding hydrogens is 542 g/mol. The molecule has 3 aliphatic carbocycles. The fraction of sp³-hybridized carbons (Fsp3) is 0.263. The van der Waals surface area contributed by atoms with Crippen molar-refractivity contribution in [3.05, 3.63) is 55.7 Å². The lowest BCUT2D eigenvalue weighted by atomic mass is 9.34. The van der Waals surface area contributed by atoms with Gasteiger partial charge in [-0.05, 0) is 113 Å². The molecule has 3 fully saturated rings. The van der Waals surface area contributed by atoms with E-state index in [1.54, 1.807) is 0 Å². The van der Waals surface area contributed by atoms with Crippen LogP contribution in [0.2, 0.25) is 0 Å². The molecule has 3 saturated carbocycles. The first kappa shape index (κ1) is 17.3. The lowest BCUT2D eigenvalue weighted by Gasteiger charge is -2.67. The number of carbonyl (C=O) groups excluding carboxylic acids is 2. The predicted molar refractivity (Wildman–Crippen MR) is 114 cm³/mol. The number of carbonyl (C=O) groups is 2. The van der Waals surface area contributed by atoms with Gasteiger partial charge in [0, 0.05) is 18.5 Å².